The van der Waals surface area contributed by atoms with Crippen molar-refractivity contribution in [3.05, 3.63) is 51.5 Å². The standard InChI is InChI=1S/C14H10ClN3O3/c1-16-13-5-3-10(18(19)20)14(17-13)12-7-8-6-9(15)2-4-11(8)21-12/h2-7H,1H3,(H,16,17). The predicted molar refractivity (Wildman–Crippen MR) is 80.7 cm³/mol. The molecule has 0 aliphatic heterocycles. The zero-order valence-corrected chi connectivity index (χ0v) is 11.7. The number of halogens is 1. The number of furan rings is 1. The third kappa shape index (κ3) is 2.41. The lowest BCUT2D eigenvalue weighted by Crippen LogP contribution is -1.98. The van der Waals surface area contributed by atoms with Gasteiger partial charge in [-0.15, -0.1) is 0 Å². The smallest absolute Gasteiger partial charge is 0.298 e. The lowest BCUT2D eigenvalue weighted by molar-refractivity contribution is -0.384. The maximum absolute atomic E-state index is 11.1. The number of hydrogen-bond acceptors (Lipinski definition) is 5. The highest BCUT2D eigenvalue weighted by Gasteiger charge is 2.21. The Balaban J connectivity index is 2.22. The van der Waals surface area contributed by atoms with E-state index >= 15 is 0 Å². The second-order valence-electron chi connectivity index (χ2n) is 4.36. The molecule has 7 heteroatoms. The lowest BCUT2D eigenvalue weighted by atomic mass is 10.2. The van der Waals surface area contributed by atoms with Crippen LogP contribution in [0.3, 0.4) is 0 Å². The Bertz CT molecular complexity index is 845. The molecule has 0 radical (unpaired) electrons. The molecule has 1 N–H and O–H groups in total. The van der Waals surface area contributed by atoms with E-state index in [1.807, 2.05) is 0 Å². The Kier molecular flexibility index (Phi) is 3.23. The van der Waals surface area contributed by atoms with Gasteiger partial charge >= 0.3 is 0 Å². The number of nitro groups is 1. The fourth-order valence-electron chi connectivity index (χ4n) is 2.05. The minimum Gasteiger partial charge on any atom is -0.454 e. The summed E-state index contributed by atoms with van der Waals surface area (Å²) in [5.41, 5.74) is 0.665. The highest BCUT2D eigenvalue weighted by molar-refractivity contribution is 6.31. The minimum absolute atomic E-state index is 0.112. The Morgan fingerprint density at radius 3 is 2.81 bits per heavy atom. The first kappa shape index (κ1) is 13.4. The number of nitrogens with zero attached hydrogens (tertiary/aromatic N) is 2. The molecule has 0 saturated carbocycles. The van der Waals surface area contributed by atoms with E-state index in [0.717, 1.165) is 5.39 Å². The van der Waals surface area contributed by atoms with Gasteiger partial charge in [-0.05, 0) is 30.3 Å². The van der Waals surface area contributed by atoms with Gasteiger partial charge in [0.2, 0.25) is 0 Å². The van der Waals surface area contributed by atoms with Crippen LogP contribution < -0.4 is 5.32 Å². The molecule has 0 atom stereocenters. The van der Waals surface area contributed by atoms with Crippen LogP contribution in [0.25, 0.3) is 22.4 Å². The molecule has 0 aliphatic carbocycles. The molecule has 1 aromatic carbocycles. The summed E-state index contributed by atoms with van der Waals surface area (Å²) in [6.45, 7) is 0. The van der Waals surface area contributed by atoms with Crippen molar-refractivity contribution >= 4 is 34.1 Å². The molecule has 106 valence electrons. The number of hydrogen-bond donors (Lipinski definition) is 1. The van der Waals surface area contributed by atoms with Gasteiger partial charge in [0, 0.05) is 23.5 Å². The fraction of sp³-hybridized carbons (Fsp3) is 0.0714. The Morgan fingerprint density at radius 1 is 1.29 bits per heavy atom. The highest BCUT2D eigenvalue weighted by Crippen LogP contribution is 2.34. The van der Waals surface area contributed by atoms with E-state index in [4.69, 9.17) is 16.0 Å². The molecule has 0 saturated heterocycles. The summed E-state index contributed by atoms with van der Waals surface area (Å²) in [5.74, 6) is 0.852. The highest BCUT2D eigenvalue weighted by atomic mass is 35.5. The molecule has 3 rings (SSSR count). The van der Waals surface area contributed by atoms with Gasteiger partial charge in [0.15, 0.2) is 11.5 Å². The maximum Gasteiger partial charge on any atom is 0.298 e. The second-order valence-corrected chi connectivity index (χ2v) is 4.80. The first-order valence-corrected chi connectivity index (χ1v) is 6.49. The number of pyridine rings is 1. The minimum atomic E-state index is -0.484. The SMILES string of the molecule is CNc1ccc([N+](=O)[O-])c(-c2cc3cc(Cl)ccc3o2)n1. The molecule has 0 spiro atoms. The number of aromatic nitrogens is 1. The van der Waals surface area contributed by atoms with Crippen LogP contribution in [0.15, 0.2) is 40.8 Å². The van der Waals surface area contributed by atoms with Crippen LogP contribution in [0.2, 0.25) is 5.02 Å². The molecule has 0 aliphatic rings. The van der Waals surface area contributed by atoms with Crippen molar-refractivity contribution in [3.8, 4) is 11.5 Å². The van der Waals surface area contributed by atoms with Gasteiger partial charge < -0.3 is 9.73 Å². The van der Waals surface area contributed by atoms with Crippen molar-refractivity contribution in [2.75, 3.05) is 12.4 Å². The zero-order valence-electron chi connectivity index (χ0n) is 11.0. The predicted octanol–water partition coefficient (Wildman–Crippen LogP) is 4.10. The molecule has 0 unspecified atom stereocenters. The van der Waals surface area contributed by atoms with Crippen LogP contribution in [-0.2, 0) is 0 Å². The number of fused-ring (bicyclic) bond motifs is 1. The third-order valence-corrected chi connectivity index (χ3v) is 3.27. The van der Waals surface area contributed by atoms with Gasteiger partial charge in [0.25, 0.3) is 5.69 Å². The van der Waals surface area contributed by atoms with Gasteiger partial charge in [-0.25, -0.2) is 4.98 Å². The van der Waals surface area contributed by atoms with Crippen LogP contribution in [0.4, 0.5) is 11.5 Å². The van der Waals surface area contributed by atoms with E-state index in [9.17, 15) is 10.1 Å². The van der Waals surface area contributed by atoms with E-state index < -0.39 is 4.92 Å². The van der Waals surface area contributed by atoms with E-state index in [2.05, 4.69) is 10.3 Å². The Morgan fingerprint density at radius 2 is 2.10 bits per heavy atom. The van der Waals surface area contributed by atoms with Gasteiger partial charge in [-0.3, -0.25) is 10.1 Å². The van der Waals surface area contributed by atoms with Gasteiger partial charge in [-0.2, -0.15) is 0 Å². The Hall–Kier alpha value is -2.60. The van der Waals surface area contributed by atoms with Crippen molar-refractivity contribution in [2.45, 2.75) is 0 Å². The molecule has 2 aromatic heterocycles. The molecule has 6 nitrogen and oxygen atoms in total. The molecule has 3 aromatic rings. The van der Waals surface area contributed by atoms with Gasteiger partial charge in [0.05, 0.1) is 4.92 Å². The topological polar surface area (TPSA) is 81.2 Å². The average molecular weight is 304 g/mol. The number of nitrogens with one attached hydrogen (secondary N) is 1. The van der Waals surface area contributed by atoms with Crippen molar-refractivity contribution in [1.29, 1.82) is 0 Å². The summed E-state index contributed by atoms with van der Waals surface area (Å²) >= 11 is 5.93. The molecule has 0 amide bonds. The van der Waals surface area contributed by atoms with Crippen LogP contribution in [0.5, 0.6) is 0 Å². The fourth-order valence-corrected chi connectivity index (χ4v) is 2.23. The average Bonchev–Trinajstić information content (AvgIpc) is 2.89. The third-order valence-electron chi connectivity index (χ3n) is 3.04. The lowest BCUT2D eigenvalue weighted by Gasteiger charge is -2.02. The van der Waals surface area contributed by atoms with Crippen molar-refractivity contribution in [1.82, 2.24) is 4.98 Å². The summed E-state index contributed by atoms with van der Waals surface area (Å²) in [6.07, 6.45) is 0. The first-order valence-electron chi connectivity index (χ1n) is 6.11. The van der Waals surface area contributed by atoms with E-state index in [1.165, 1.54) is 6.07 Å². The molecule has 2 heterocycles. The molecule has 0 bridgehead atoms. The molecule has 21 heavy (non-hydrogen) atoms. The van der Waals surface area contributed by atoms with Crippen molar-refractivity contribution in [3.63, 3.8) is 0 Å². The quantitative estimate of drug-likeness (QED) is 0.582. The van der Waals surface area contributed by atoms with Crippen molar-refractivity contribution < 1.29 is 9.34 Å². The largest absolute Gasteiger partial charge is 0.454 e. The maximum atomic E-state index is 11.1. The summed E-state index contributed by atoms with van der Waals surface area (Å²) in [5, 5.41) is 15.3. The number of anilines is 1. The van der Waals surface area contributed by atoms with E-state index in [-0.39, 0.29) is 11.4 Å². The first-order chi connectivity index (χ1) is 10.1. The molecule has 0 fully saturated rings. The van der Waals surface area contributed by atoms with Gasteiger partial charge in [-0.1, -0.05) is 11.6 Å². The van der Waals surface area contributed by atoms with E-state index in [1.54, 1.807) is 37.4 Å². The summed E-state index contributed by atoms with van der Waals surface area (Å²) in [7, 11) is 1.69. The normalized spacial score (nSPS) is 10.8. The summed E-state index contributed by atoms with van der Waals surface area (Å²) in [4.78, 5) is 14.9. The molecular weight excluding hydrogens is 294 g/mol. The molecular formula is C14H10ClN3O3. The van der Waals surface area contributed by atoms with Gasteiger partial charge in [0.1, 0.15) is 11.4 Å². The monoisotopic (exact) mass is 303 g/mol. The second kappa shape index (κ2) is 5.06. The summed E-state index contributed by atoms with van der Waals surface area (Å²) < 4.78 is 5.65. The van der Waals surface area contributed by atoms with E-state index in [0.29, 0.717) is 22.2 Å². The summed E-state index contributed by atoms with van der Waals surface area (Å²) in [6, 6.07) is 9.78. The van der Waals surface area contributed by atoms with Crippen molar-refractivity contribution in [2.24, 2.45) is 0 Å². The van der Waals surface area contributed by atoms with Crippen LogP contribution in [-0.4, -0.2) is 17.0 Å². The Labute approximate surface area is 124 Å². The van der Waals surface area contributed by atoms with Crippen LogP contribution >= 0.6 is 11.6 Å². The number of rotatable bonds is 3. The number of benzene rings is 1. The van der Waals surface area contributed by atoms with Crippen LogP contribution in [0.1, 0.15) is 0 Å². The zero-order chi connectivity index (χ0) is 15.0. The van der Waals surface area contributed by atoms with Crippen LogP contribution in [0, 0.1) is 10.1 Å².